The van der Waals surface area contributed by atoms with Crippen molar-refractivity contribution >= 4 is 50.7 Å². The fourth-order valence-corrected chi connectivity index (χ4v) is 5.04. The van der Waals surface area contributed by atoms with Gasteiger partial charge in [0.1, 0.15) is 6.04 Å². The van der Waals surface area contributed by atoms with Gasteiger partial charge >= 0.3 is 0 Å². The molecule has 0 fully saturated rings. The van der Waals surface area contributed by atoms with Gasteiger partial charge in [0.05, 0.1) is 17.0 Å². The Labute approximate surface area is 212 Å². The lowest BCUT2D eigenvalue weighted by molar-refractivity contribution is -0.141. The summed E-state index contributed by atoms with van der Waals surface area (Å²) in [5.74, 6) is -0.479. The summed E-state index contributed by atoms with van der Waals surface area (Å²) in [6.45, 7) is 4.15. The zero-order valence-electron chi connectivity index (χ0n) is 19.8. The second kappa shape index (κ2) is 12.4. The van der Waals surface area contributed by atoms with Crippen LogP contribution in [0.4, 0.5) is 5.69 Å². The number of benzene rings is 2. The van der Waals surface area contributed by atoms with E-state index in [1.54, 1.807) is 11.0 Å². The predicted octanol–water partition coefficient (Wildman–Crippen LogP) is 4.40. The van der Waals surface area contributed by atoms with Crippen molar-refractivity contribution in [1.82, 2.24) is 10.2 Å². The average Bonchev–Trinajstić information content (AvgIpc) is 2.78. The van der Waals surface area contributed by atoms with Crippen molar-refractivity contribution < 1.29 is 18.0 Å². The Balaban J connectivity index is 2.21. The molecule has 7 nitrogen and oxygen atoms in total. The number of carbonyl (C=O) groups excluding carboxylic acids is 2. The first-order valence-electron chi connectivity index (χ1n) is 11.0. The topological polar surface area (TPSA) is 86.8 Å². The molecule has 0 aliphatic heterocycles. The number of nitrogens with zero attached hydrogens (tertiary/aromatic N) is 2. The summed E-state index contributed by atoms with van der Waals surface area (Å²) in [5, 5.41) is 3.22. The van der Waals surface area contributed by atoms with Crippen LogP contribution in [0.3, 0.4) is 0 Å². The van der Waals surface area contributed by atoms with Crippen LogP contribution in [-0.4, -0.2) is 51.0 Å². The van der Waals surface area contributed by atoms with E-state index in [0.29, 0.717) is 11.4 Å². The average molecular weight is 529 g/mol. The van der Waals surface area contributed by atoms with Gasteiger partial charge in [0, 0.05) is 31.6 Å². The number of anilines is 1. The smallest absolute Gasteiger partial charge is 0.242 e. The minimum Gasteiger partial charge on any atom is -0.357 e. The third-order valence-corrected chi connectivity index (χ3v) is 7.17. The summed E-state index contributed by atoms with van der Waals surface area (Å²) in [4.78, 5) is 27.3. The highest BCUT2D eigenvalue weighted by molar-refractivity contribution is 7.92. The van der Waals surface area contributed by atoms with E-state index < -0.39 is 16.1 Å². The lowest BCUT2D eigenvalue weighted by Gasteiger charge is -2.31. The van der Waals surface area contributed by atoms with E-state index in [-0.39, 0.29) is 48.5 Å². The molecule has 1 N–H and O–H groups in total. The first kappa shape index (κ1) is 28.0. The number of hydrogen-bond donors (Lipinski definition) is 1. The van der Waals surface area contributed by atoms with Crippen LogP contribution >= 0.6 is 23.2 Å². The molecule has 0 aliphatic rings. The van der Waals surface area contributed by atoms with Gasteiger partial charge in [-0.05, 0) is 43.5 Å². The van der Waals surface area contributed by atoms with E-state index in [1.165, 1.54) is 19.2 Å². The van der Waals surface area contributed by atoms with Gasteiger partial charge in [0.25, 0.3) is 0 Å². The maximum Gasteiger partial charge on any atom is 0.242 e. The van der Waals surface area contributed by atoms with Gasteiger partial charge in [-0.1, -0.05) is 60.0 Å². The van der Waals surface area contributed by atoms with Crippen molar-refractivity contribution in [2.45, 2.75) is 45.7 Å². The van der Waals surface area contributed by atoms with Gasteiger partial charge in [-0.2, -0.15) is 0 Å². The fourth-order valence-electron chi connectivity index (χ4n) is 3.64. The Morgan fingerprint density at radius 2 is 1.74 bits per heavy atom. The van der Waals surface area contributed by atoms with E-state index >= 15 is 0 Å². The number of halogens is 2. The second-order valence-corrected chi connectivity index (χ2v) is 10.8. The number of amides is 2. The molecule has 0 aromatic heterocycles. The third-order valence-electron chi connectivity index (χ3n) is 5.43. The lowest BCUT2D eigenvalue weighted by atomic mass is 10.1. The Bertz CT molecular complexity index is 1110. The van der Waals surface area contributed by atoms with E-state index in [9.17, 15) is 18.0 Å². The van der Waals surface area contributed by atoms with Crippen LogP contribution < -0.4 is 9.62 Å². The molecule has 2 rings (SSSR count). The van der Waals surface area contributed by atoms with Crippen LogP contribution in [-0.2, 0) is 26.2 Å². The van der Waals surface area contributed by atoms with Crippen molar-refractivity contribution in [2.75, 3.05) is 24.2 Å². The monoisotopic (exact) mass is 527 g/mol. The second-order valence-electron chi connectivity index (χ2n) is 8.08. The lowest BCUT2D eigenvalue weighted by Crippen LogP contribution is -2.48. The summed E-state index contributed by atoms with van der Waals surface area (Å²) in [5.41, 5.74) is 2.27. The zero-order valence-corrected chi connectivity index (χ0v) is 22.2. The molecule has 34 heavy (non-hydrogen) atoms. The molecule has 2 aromatic carbocycles. The molecule has 186 valence electrons. The maximum absolute atomic E-state index is 13.3. The zero-order chi connectivity index (χ0) is 25.5. The van der Waals surface area contributed by atoms with Crippen LogP contribution in [0, 0.1) is 6.92 Å². The Kier molecular flexibility index (Phi) is 10.2. The number of nitrogens with one attached hydrogen (secondary N) is 1. The molecule has 0 radical (unpaired) electrons. The SMILES string of the molecule is CC[C@@H](C(=O)NC)N(Cc1ccc(C)cc1)C(=O)CCCN(c1cc(Cl)ccc1Cl)S(C)(=O)=O. The highest BCUT2D eigenvalue weighted by Crippen LogP contribution is 2.31. The number of carbonyl (C=O) groups is 2. The standard InChI is InChI=1S/C24H31Cl2N3O4S/c1-5-21(24(31)27-3)28(16-18-10-8-17(2)9-11-18)23(30)7-6-14-29(34(4,32)33)22-15-19(25)12-13-20(22)26/h8-13,15,21H,5-7,14,16H2,1-4H3,(H,27,31)/t21-/m0/s1. The van der Waals surface area contributed by atoms with Crippen molar-refractivity contribution in [3.63, 3.8) is 0 Å². The number of rotatable bonds is 11. The van der Waals surface area contributed by atoms with Gasteiger partial charge in [-0.3, -0.25) is 13.9 Å². The molecule has 2 aromatic rings. The molecule has 0 saturated heterocycles. The number of hydrogen-bond acceptors (Lipinski definition) is 4. The van der Waals surface area contributed by atoms with Crippen LogP contribution in [0.15, 0.2) is 42.5 Å². The summed E-state index contributed by atoms with van der Waals surface area (Å²) in [6.07, 6.45) is 1.83. The van der Waals surface area contributed by atoms with Gasteiger partial charge < -0.3 is 10.2 Å². The minimum atomic E-state index is -3.67. The normalized spacial score (nSPS) is 12.2. The van der Waals surface area contributed by atoms with Gasteiger partial charge in [0.2, 0.25) is 21.8 Å². The van der Waals surface area contributed by atoms with Gasteiger partial charge in [0.15, 0.2) is 0 Å². The van der Waals surface area contributed by atoms with Crippen molar-refractivity contribution in [2.24, 2.45) is 0 Å². The molecular weight excluding hydrogens is 497 g/mol. The molecular formula is C24H31Cl2N3O4S. The highest BCUT2D eigenvalue weighted by Gasteiger charge is 2.28. The molecule has 0 unspecified atom stereocenters. The summed E-state index contributed by atoms with van der Waals surface area (Å²) in [7, 11) is -2.13. The molecule has 1 atom stereocenters. The van der Waals surface area contributed by atoms with E-state index in [2.05, 4.69) is 5.32 Å². The summed E-state index contributed by atoms with van der Waals surface area (Å²) in [6, 6.07) is 11.7. The number of sulfonamides is 1. The molecule has 0 spiro atoms. The summed E-state index contributed by atoms with van der Waals surface area (Å²) >= 11 is 12.3. The summed E-state index contributed by atoms with van der Waals surface area (Å²) < 4.78 is 26.0. The van der Waals surface area contributed by atoms with Gasteiger partial charge in [-0.15, -0.1) is 0 Å². The Hall–Kier alpha value is -2.29. The van der Waals surface area contributed by atoms with Crippen molar-refractivity contribution in [3.05, 3.63) is 63.6 Å². The first-order valence-corrected chi connectivity index (χ1v) is 13.6. The van der Waals surface area contributed by atoms with Crippen LogP contribution in [0.5, 0.6) is 0 Å². The maximum atomic E-state index is 13.3. The van der Waals surface area contributed by atoms with Crippen molar-refractivity contribution in [1.29, 1.82) is 0 Å². The van der Waals surface area contributed by atoms with Crippen LogP contribution in [0.1, 0.15) is 37.3 Å². The Morgan fingerprint density at radius 1 is 1.09 bits per heavy atom. The van der Waals surface area contributed by atoms with E-state index in [4.69, 9.17) is 23.2 Å². The molecule has 0 saturated carbocycles. The molecule has 0 aliphatic carbocycles. The molecule has 0 bridgehead atoms. The van der Waals surface area contributed by atoms with Gasteiger partial charge in [-0.25, -0.2) is 8.42 Å². The van der Waals surface area contributed by atoms with Crippen LogP contribution in [0.25, 0.3) is 0 Å². The molecule has 10 heteroatoms. The largest absolute Gasteiger partial charge is 0.357 e. The van der Waals surface area contributed by atoms with E-state index in [0.717, 1.165) is 21.7 Å². The Morgan fingerprint density at radius 3 is 2.29 bits per heavy atom. The number of likely N-dealkylation sites (N-methyl/N-ethyl adjacent to an activating group) is 1. The third kappa shape index (κ3) is 7.61. The first-order chi connectivity index (χ1) is 16.0. The quantitative estimate of drug-likeness (QED) is 0.469. The van der Waals surface area contributed by atoms with Crippen LogP contribution in [0.2, 0.25) is 10.0 Å². The fraction of sp³-hybridized carbons (Fsp3) is 0.417. The predicted molar refractivity (Wildman–Crippen MR) is 138 cm³/mol. The molecule has 0 heterocycles. The van der Waals surface area contributed by atoms with E-state index in [1.807, 2.05) is 38.1 Å². The number of aryl methyl sites for hydroxylation is 1. The van der Waals surface area contributed by atoms with Crippen molar-refractivity contribution in [3.8, 4) is 0 Å². The highest BCUT2D eigenvalue weighted by atomic mass is 35.5. The minimum absolute atomic E-state index is 0.0414. The molecule has 2 amide bonds.